The van der Waals surface area contributed by atoms with E-state index in [1.807, 2.05) is 23.1 Å². The number of fused-ring (bicyclic) bond motifs is 1. The van der Waals surface area contributed by atoms with Gasteiger partial charge in [0.1, 0.15) is 6.10 Å². The quantitative estimate of drug-likeness (QED) is 0.839. The predicted molar refractivity (Wildman–Crippen MR) is 112 cm³/mol. The molecule has 1 aliphatic heterocycles. The Hall–Kier alpha value is -1.92. The summed E-state index contributed by atoms with van der Waals surface area (Å²) >= 11 is 1.53. The van der Waals surface area contributed by atoms with E-state index in [2.05, 4.69) is 11.4 Å². The van der Waals surface area contributed by atoms with Crippen LogP contribution in [0.3, 0.4) is 0 Å². The molecule has 0 bridgehead atoms. The molecule has 1 aromatic carbocycles. The number of nitrogens with one attached hydrogen (secondary N) is 1. The van der Waals surface area contributed by atoms with Crippen molar-refractivity contribution >= 4 is 33.2 Å². The standard InChI is InChI=1S/C22H28N2O3S/c1-15(25)24-11-12-27-18(14-24)20-17-9-5-6-10-19(17)28-21(20)22(26)23-13-16-7-3-2-4-8-16/h5-6,9-10,16,18H,2-4,7-8,11-14H2,1H3,(H,23,26)/t18-/m0/s1. The zero-order valence-electron chi connectivity index (χ0n) is 16.4. The van der Waals surface area contributed by atoms with Crippen LogP contribution in [0.2, 0.25) is 0 Å². The normalized spacial score (nSPS) is 21.0. The lowest BCUT2D eigenvalue weighted by atomic mass is 9.89. The highest BCUT2D eigenvalue weighted by atomic mass is 32.1. The first-order valence-corrected chi connectivity index (χ1v) is 11.1. The predicted octanol–water partition coefficient (Wildman–Crippen LogP) is 4.13. The number of carbonyl (C=O) groups excluding carboxylic acids is 2. The first kappa shape index (κ1) is 19.4. The van der Waals surface area contributed by atoms with E-state index < -0.39 is 0 Å². The fourth-order valence-electron chi connectivity index (χ4n) is 4.37. The molecule has 1 saturated heterocycles. The molecular weight excluding hydrogens is 372 g/mol. The largest absolute Gasteiger partial charge is 0.370 e. The minimum Gasteiger partial charge on any atom is -0.370 e. The molecule has 0 unspecified atom stereocenters. The van der Waals surface area contributed by atoms with Gasteiger partial charge in [-0.1, -0.05) is 37.5 Å². The number of rotatable bonds is 4. The Kier molecular flexibility index (Phi) is 5.97. The molecule has 1 atom stereocenters. The molecule has 6 heteroatoms. The summed E-state index contributed by atoms with van der Waals surface area (Å²) in [6, 6.07) is 8.09. The van der Waals surface area contributed by atoms with Gasteiger partial charge in [0, 0.05) is 30.3 Å². The molecule has 150 valence electrons. The molecule has 1 N–H and O–H groups in total. The third kappa shape index (κ3) is 4.08. The maximum Gasteiger partial charge on any atom is 0.261 e. The third-order valence-electron chi connectivity index (χ3n) is 5.95. The Morgan fingerprint density at radius 1 is 1.21 bits per heavy atom. The number of hydrogen-bond acceptors (Lipinski definition) is 4. The lowest BCUT2D eigenvalue weighted by molar-refractivity contribution is -0.136. The number of hydrogen-bond donors (Lipinski definition) is 1. The van der Waals surface area contributed by atoms with Crippen LogP contribution in [-0.4, -0.2) is 43.0 Å². The SMILES string of the molecule is CC(=O)N1CCO[C@H](c2c(C(=O)NCC3CCCCC3)sc3ccccc23)C1. The second-order valence-corrected chi connectivity index (χ2v) is 8.93. The van der Waals surface area contributed by atoms with Crippen LogP contribution in [0.1, 0.15) is 60.4 Å². The van der Waals surface area contributed by atoms with E-state index in [-0.39, 0.29) is 17.9 Å². The van der Waals surface area contributed by atoms with Crippen molar-refractivity contribution in [2.45, 2.75) is 45.1 Å². The molecule has 2 fully saturated rings. The molecule has 0 radical (unpaired) electrons. The summed E-state index contributed by atoms with van der Waals surface area (Å²) in [4.78, 5) is 27.5. The van der Waals surface area contributed by atoms with E-state index in [9.17, 15) is 9.59 Å². The van der Waals surface area contributed by atoms with Crippen molar-refractivity contribution in [3.63, 3.8) is 0 Å². The summed E-state index contributed by atoms with van der Waals surface area (Å²) < 4.78 is 7.12. The van der Waals surface area contributed by atoms with Crippen molar-refractivity contribution in [1.82, 2.24) is 10.2 Å². The number of nitrogens with zero attached hydrogens (tertiary/aromatic N) is 1. The van der Waals surface area contributed by atoms with Crippen LogP contribution >= 0.6 is 11.3 Å². The van der Waals surface area contributed by atoms with E-state index in [0.717, 1.165) is 27.1 Å². The van der Waals surface area contributed by atoms with Gasteiger partial charge < -0.3 is 15.0 Å². The van der Waals surface area contributed by atoms with Crippen LogP contribution in [0.5, 0.6) is 0 Å². The van der Waals surface area contributed by atoms with Crippen molar-refractivity contribution in [1.29, 1.82) is 0 Å². The van der Waals surface area contributed by atoms with Crippen molar-refractivity contribution < 1.29 is 14.3 Å². The molecule has 2 aliphatic rings. The number of amides is 2. The Morgan fingerprint density at radius 2 is 2.00 bits per heavy atom. The highest BCUT2D eigenvalue weighted by Gasteiger charge is 2.30. The Labute approximate surface area is 170 Å². The fraction of sp³-hybridized carbons (Fsp3) is 0.545. The summed E-state index contributed by atoms with van der Waals surface area (Å²) in [5.41, 5.74) is 0.938. The van der Waals surface area contributed by atoms with Crippen LogP contribution in [0, 0.1) is 5.92 Å². The Balaban J connectivity index is 1.59. The Morgan fingerprint density at radius 3 is 2.79 bits per heavy atom. The molecule has 2 amide bonds. The van der Waals surface area contributed by atoms with Gasteiger partial charge in [-0.2, -0.15) is 0 Å². The summed E-state index contributed by atoms with van der Waals surface area (Å²) in [6.07, 6.45) is 6.01. The molecule has 28 heavy (non-hydrogen) atoms. The molecule has 2 heterocycles. The molecular formula is C22H28N2O3S. The van der Waals surface area contributed by atoms with E-state index in [4.69, 9.17) is 4.74 Å². The van der Waals surface area contributed by atoms with Crippen molar-refractivity contribution in [3.8, 4) is 0 Å². The maximum absolute atomic E-state index is 13.1. The van der Waals surface area contributed by atoms with E-state index >= 15 is 0 Å². The molecule has 0 spiro atoms. The number of ether oxygens (including phenoxy) is 1. The van der Waals surface area contributed by atoms with E-state index in [1.54, 1.807) is 6.92 Å². The second-order valence-electron chi connectivity index (χ2n) is 7.88. The number of carbonyl (C=O) groups is 2. The zero-order chi connectivity index (χ0) is 19.5. The smallest absolute Gasteiger partial charge is 0.261 e. The lowest BCUT2D eigenvalue weighted by Crippen LogP contribution is -2.41. The van der Waals surface area contributed by atoms with E-state index in [1.165, 1.54) is 43.4 Å². The second kappa shape index (κ2) is 8.62. The number of morpholine rings is 1. The zero-order valence-corrected chi connectivity index (χ0v) is 17.2. The fourth-order valence-corrected chi connectivity index (χ4v) is 5.54. The lowest BCUT2D eigenvalue weighted by Gasteiger charge is -2.32. The third-order valence-corrected chi connectivity index (χ3v) is 7.14. The highest BCUT2D eigenvalue weighted by Crippen LogP contribution is 2.38. The van der Waals surface area contributed by atoms with Gasteiger partial charge in [0.25, 0.3) is 5.91 Å². The molecule has 1 saturated carbocycles. The minimum absolute atomic E-state index is 0.00896. The first-order chi connectivity index (χ1) is 13.6. The van der Waals surface area contributed by atoms with Crippen LogP contribution in [0.4, 0.5) is 0 Å². The van der Waals surface area contributed by atoms with Crippen LogP contribution in [-0.2, 0) is 9.53 Å². The highest BCUT2D eigenvalue weighted by molar-refractivity contribution is 7.21. The van der Waals surface area contributed by atoms with Crippen LogP contribution in [0.25, 0.3) is 10.1 Å². The Bertz CT molecular complexity index is 857. The summed E-state index contributed by atoms with van der Waals surface area (Å²) in [7, 11) is 0. The van der Waals surface area contributed by atoms with Gasteiger partial charge in [0.2, 0.25) is 5.91 Å². The van der Waals surface area contributed by atoms with Crippen LogP contribution in [0.15, 0.2) is 24.3 Å². The summed E-state index contributed by atoms with van der Waals surface area (Å²) in [5, 5.41) is 4.24. The average Bonchev–Trinajstić information content (AvgIpc) is 3.12. The van der Waals surface area contributed by atoms with Gasteiger partial charge in [0.15, 0.2) is 0 Å². The van der Waals surface area contributed by atoms with E-state index in [0.29, 0.717) is 25.6 Å². The van der Waals surface area contributed by atoms with Gasteiger partial charge in [0.05, 0.1) is 18.0 Å². The minimum atomic E-state index is -0.260. The van der Waals surface area contributed by atoms with Gasteiger partial charge in [-0.15, -0.1) is 11.3 Å². The molecule has 1 aliphatic carbocycles. The van der Waals surface area contributed by atoms with Crippen molar-refractivity contribution in [3.05, 3.63) is 34.7 Å². The molecule has 4 rings (SSSR count). The van der Waals surface area contributed by atoms with Gasteiger partial charge in [-0.3, -0.25) is 9.59 Å². The first-order valence-electron chi connectivity index (χ1n) is 10.3. The van der Waals surface area contributed by atoms with Crippen LogP contribution < -0.4 is 5.32 Å². The van der Waals surface area contributed by atoms with Crippen molar-refractivity contribution in [2.24, 2.45) is 5.92 Å². The summed E-state index contributed by atoms with van der Waals surface area (Å²) in [6.45, 7) is 3.94. The maximum atomic E-state index is 13.1. The number of thiophene rings is 1. The molecule has 1 aromatic heterocycles. The van der Waals surface area contributed by atoms with Crippen molar-refractivity contribution in [2.75, 3.05) is 26.2 Å². The number of benzene rings is 1. The average molecular weight is 401 g/mol. The van der Waals surface area contributed by atoms with Gasteiger partial charge in [-0.25, -0.2) is 0 Å². The monoisotopic (exact) mass is 400 g/mol. The van der Waals surface area contributed by atoms with Gasteiger partial charge in [-0.05, 0) is 30.2 Å². The van der Waals surface area contributed by atoms with Gasteiger partial charge >= 0.3 is 0 Å². The molecule has 5 nitrogen and oxygen atoms in total. The molecule has 2 aromatic rings. The summed E-state index contributed by atoms with van der Waals surface area (Å²) in [5.74, 6) is 0.635. The topological polar surface area (TPSA) is 58.6 Å².